The number of hydrogen-bond donors (Lipinski definition) is 1. The molecule has 0 atom stereocenters. The summed E-state index contributed by atoms with van der Waals surface area (Å²) in [6.45, 7) is 7.16. The predicted octanol–water partition coefficient (Wildman–Crippen LogP) is 2.80. The molecule has 2 rings (SSSR count). The lowest BCUT2D eigenvalue weighted by atomic mass is 10.1. The van der Waals surface area contributed by atoms with Crippen LogP contribution < -0.4 is 10.2 Å². The van der Waals surface area contributed by atoms with Crippen molar-refractivity contribution in [2.24, 2.45) is 0 Å². The van der Waals surface area contributed by atoms with Gasteiger partial charge >= 0.3 is 0 Å². The molecule has 0 aliphatic heterocycles. The zero-order chi connectivity index (χ0) is 13.0. The van der Waals surface area contributed by atoms with Crippen molar-refractivity contribution in [1.82, 2.24) is 10.3 Å². The average molecular weight is 243 g/mol. The molecule has 1 aromatic heterocycles. The molecular weight excluding hydrogens is 222 g/mol. The Hall–Kier alpha value is -1.61. The van der Waals surface area contributed by atoms with Gasteiger partial charge in [0.1, 0.15) is 5.82 Å². The molecule has 0 saturated carbocycles. The number of rotatable bonds is 5. The van der Waals surface area contributed by atoms with Gasteiger partial charge in [-0.2, -0.15) is 0 Å². The Morgan fingerprint density at radius 1 is 1.11 bits per heavy atom. The highest BCUT2D eigenvalue weighted by atomic mass is 15.2. The fraction of sp³-hybridized carbons (Fsp3) is 0.400. The third-order valence-electron chi connectivity index (χ3n) is 3.29. The molecule has 0 unspecified atom stereocenters. The van der Waals surface area contributed by atoms with Gasteiger partial charge in [0.15, 0.2) is 0 Å². The van der Waals surface area contributed by atoms with Crippen molar-refractivity contribution >= 4 is 16.6 Å². The maximum Gasteiger partial charge on any atom is 0.136 e. The smallest absolute Gasteiger partial charge is 0.136 e. The van der Waals surface area contributed by atoms with Crippen LogP contribution in [0.5, 0.6) is 0 Å². The second-order valence-corrected chi connectivity index (χ2v) is 4.36. The fourth-order valence-corrected chi connectivity index (χ4v) is 2.34. The summed E-state index contributed by atoms with van der Waals surface area (Å²) >= 11 is 0. The molecule has 1 heterocycles. The van der Waals surface area contributed by atoms with Gasteiger partial charge in [0.05, 0.1) is 0 Å². The Labute approximate surface area is 109 Å². The highest BCUT2D eigenvalue weighted by Gasteiger charge is 2.10. The number of aromatic nitrogens is 1. The first kappa shape index (κ1) is 12.8. The molecule has 1 N–H and O–H groups in total. The summed E-state index contributed by atoms with van der Waals surface area (Å²) < 4.78 is 0. The minimum atomic E-state index is 0.853. The first-order chi connectivity index (χ1) is 8.81. The first-order valence-electron chi connectivity index (χ1n) is 6.58. The van der Waals surface area contributed by atoms with Crippen LogP contribution in [0.15, 0.2) is 30.5 Å². The van der Waals surface area contributed by atoms with Crippen molar-refractivity contribution in [1.29, 1.82) is 0 Å². The summed E-state index contributed by atoms with van der Waals surface area (Å²) in [6.07, 6.45) is 1.99. The van der Waals surface area contributed by atoms with E-state index in [0.29, 0.717) is 0 Å². The molecule has 0 aliphatic rings. The summed E-state index contributed by atoms with van der Waals surface area (Å²) in [5.74, 6) is 1.09. The summed E-state index contributed by atoms with van der Waals surface area (Å²) in [5.41, 5.74) is 1.25. The molecule has 0 aliphatic carbocycles. The van der Waals surface area contributed by atoms with E-state index < -0.39 is 0 Å². The molecule has 1 aromatic carbocycles. The van der Waals surface area contributed by atoms with Gasteiger partial charge in [-0.15, -0.1) is 0 Å². The average Bonchev–Trinajstić information content (AvgIpc) is 2.42. The fourth-order valence-electron chi connectivity index (χ4n) is 2.34. The van der Waals surface area contributed by atoms with E-state index in [-0.39, 0.29) is 0 Å². The van der Waals surface area contributed by atoms with Gasteiger partial charge in [-0.25, -0.2) is 4.98 Å². The Bertz CT molecular complexity index is 518. The van der Waals surface area contributed by atoms with Gasteiger partial charge in [0, 0.05) is 31.2 Å². The van der Waals surface area contributed by atoms with Crippen molar-refractivity contribution in [2.75, 3.05) is 25.0 Å². The quantitative estimate of drug-likeness (QED) is 0.875. The molecule has 0 spiro atoms. The maximum atomic E-state index is 4.65. The summed E-state index contributed by atoms with van der Waals surface area (Å²) in [6, 6.07) is 8.51. The van der Waals surface area contributed by atoms with Crippen molar-refractivity contribution < 1.29 is 0 Å². The Kier molecular flexibility index (Phi) is 4.15. The van der Waals surface area contributed by atoms with E-state index in [0.717, 1.165) is 25.5 Å². The second-order valence-electron chi connectivity index (χ2n) is 4.36. The number of benzene rings is 1. The van der Waals surface area contributed by atoms with Crippen LogP contribution in [-0.2, 0) is 6.54 Å². The standard InChI is InChI=1S/C15H21N3/c1-4-18(5-2)15-14-9-7-6-8-13(14)12(10-16-3)11-17-15/h6-9,11,16H,4-5,10H2,1-3H3. The second kappa shape index (κ2) is 5.83. The number of pyridine rings is 1. The van der Waals surface area contributed by atoms with Crippen LogP contribution in [0.25, 0.3) is 10.8 Å². The molecule has 0 saturated heterocycles. The zero-order valence-electron chi connectivity index (χ0n) is 11.4. The van der Waals surface area contributed by atoms with Gasteiger partial charge in [0.2, 0.25) is 0 Å². The molecule has 2 aromatic rings. The molecule has 0 bridgehead atoms. The normalized spacial score (nSPS) is 10.8. The molecule has 96 valence electrons. The topological polar surface area (TPSA) is 28.2 Å². The Morgan fingerprint density at radius 2 is 1.78 bits per heavy atom. The van der Waals surface area contributed by atoms with Crippen LogP contribution in [0.4, 0.5) is 5.82 Å². The van der Waals surface area contributed by atoms with Crippen molar-refractivity contribution in [3.8, 4) is 0 Å². The molecule has 3 nitrogen and oxygen atoms in total. The lowest BCUT2D eigenvalue weighted by Crippen LogP contribution is -2.23. The third-order valence-corrected chi connectivity index (χ3v) is 3.29. The van der Waals surface area contributed by atoms with E-state index in [1.165, 1.54) is 16.3 Å². The van der Waals surface area contributed by atoms with E-state index in [1.54, 1.807) is 0 Å². The van der Waals surface area contributed by atoms with E-state index in [9.17, 15) is 0 Å². The molecule has 0 fully saturated rings. The summed E-state index contributed by atoms with van der Waals surface area (Å²) in [4.78, 5) is 6.95. The maximum absolute atomic E-state index is 4.65. The monoisotopic (exact) mass is 243 g/mol. The van der Waals surface area contributed by atoms with Crippen LogP contribution in [0.3, 0.4) is 0 Å². The lowest BCUT2D eigenvalue weighted by molar-refractivity contribution is 0.814. The van der Waals surface area contributed by atoms with Crippen LogP contribution in [0, 0.1) is 0 Å². The molecule has 0 amide bonds. The van der Waals surface area contributed by atoms with Crippen LogP contribution in [0.2, 0.25) is 0 Å². The van der Waals surface area contributed by atoms with E-state index >= 15 is 0 Å². The Morgan fingerprint density at radius 3 is 2.39 bits per heavy atom. The summed E-state index contributed by atoms with van der Waals surface area (Å²) in [7, 11) is 1.97. The van der Waals surface area contributed by atoms with E-state index in [2.05, 4.69) is 53.3 Å². The predicted molar refractivity (Wildman–Crippen MR) is 78.1 cm³/mol. The van der Waals surface area contributed by atoms with Gasteiger partial charge < -0.3 is 10.2 Å². The zero-order valence-corrected chi connectivity index (χ0v) is 11.4. The van der Waals surface area contributed by atoms with Crippen molar-refractivity contribution in [2.45, 2.75) is 20.4 Å². The van der Waals surface area contributed by atoms with Gasteiger partial charge in [-0.3, -0.25) is 0 Å². The summed E-state index contributed by atoms with van der Waals surface area (Å²) in [5, 5.41) is 5.74. The SMILES string of the molecule is CCN(CC)c1ncc(CNC)c2ccccc12. The Balaban J connectivity index is 2.60. The van der Waals surface area contributed by atoms with Gasteiger partial charge in [-0.05, 0) is 31.8 Å². The number of hydrogen-bond acceptors (Lipinski definition) is 3. The van der Waals surface area contributed by atoms with Crippen LogP contribution in [0.1, 0.15) is 19.4 Å². The number of nitrogens with zero attached hydrogens (tertiary/aromatic N) is 2. The van der Waals surface area contributed by atoms with E-state index in [4.69, 9.17) is 0 Å². The van der Waals surface area contributed by atoms with E-state index in [1.807, 2.05) is 13.2 Å². The van der Waals surface area contributed by atoms with Crippen LogP contribution in [-0.4, -0.2) is 25.1 Å². The number of nitrogens with one attached hydrogen (secondary N) is 1. The van der Waals surface area contributed by atoms with Gasteiger partial charge in [-0.1, -0.05) is 24.3 Å². The molecular formula is C15H21N3. The minimum absolute atomic E-state index is 0.853. The van der Waals surface area contributed by atoms with Crippen molar-refractivity contribution in [3.63, 3.8) is 0 Å². The highest BCUT2D eigenvalue weighted by Crippen LogP contribution is 2.26. The lowest BCUT2D eigenvalue weighted by Gasteiger charge is -2.22. The molecule has 0 radical (unpaired) electrons. The number of fused-ring (bicyclic) bond motifs is 1. The van der Waals surface area contributed by atoms with Crippen LogP contribution >= 0.6 is 0 Å². The highest BCUT2D eigenvalue weighted by molar-refractivity contribution is 5.94. The minimum Gasteiger partial charge on any atom is -0.357 e. The van der Waals surface area contributed by atoms with Crippen molar-refractivity contribution in [3.05, 3.63) is 36.0 Å². The third kappa shape index (κ3) is 2.31. The number of anilines is 1. The van der Waals surface area contributed by atoms with Gasteiger partial charge in [0.25, 0.3) is 0 Å². The first-order valence-corrected chi connectivity index (χ1v) is 6.58. The largest absolute Gasteiger partial charge is 0.357 e. The molecule has 18 heavy (non-hydrogen) atoms. The molecule has 3 heteroatoms.